The summed E-state index contributed by atoms with van der Waals surface area (Å²) >= 11 is 0. The molecule has 12 N–H and O–H groups in total. The lowest BCUT2D eigenvalue weighted by Crippen LogP contribution is -2.66. The Labute approximate surface area is 214 Å². The minimum absolute atomic E-state index is 0.839. The van der Waals surface area contributed by atoms with Crippen molar-refractivity contribution in [3.63, 3.8) is 0 Å². The molecule has 0 bridgehead atoms. The van der Waals surface area contributed by atoms with Gasteiger partial charge in [0.1, 0.15) is 73.2 Å². The Morgan fingerprint density at radius 2 is 1.05 bits per heavy atom. The topological polar surface area (TPSA) is 315 Å². The van der Waals surface area contributed by atoms with E-state index in [1.54, 1.807) is 0 Å². The molecule has 0 saturated carbocycles. The Balaban J connectivity index is 1.87. The largest absolute Gasteiger partial charge is 0.470 e. The standard InChI is InChI=1S/C18H33O19P/c19-1-4-7(22)8(23)11(26)17(33-4)36-14-6(3-21)34-18(12(27)15(14)37-38(29,30)31)35-13-5(2-20)32-16(28)10(25)9(13)24/h4-28H,1-3H2,(H2,29,30,31)/t4-,5-,6-,7-,8+,9-,10-,11-,12-,13-,14-,15-,16+,17-,18-/m1/s1. The van der Waals surface area contributed by atoms with Gasteiger partial charge in [-0.3, -0.25) is 4.52 Å². The molecule has 0 aromatic rings. The molecule has 0 aromatic carbocycles. The molecule has 0 aromatic heterocycles. The van der Waals surface area contributed by atoms with Gasteiger partial charge in [-0.05, 0) is 0 Å². The smallest absolute Gasteiger partial charge is 0.394 e. The van der Waals surface area contributed by atoms with Crippen molar-refractivity contribution in [2.24, 2.45) is 0 Å². The summed E-state index contributed by atoms with van der Waals surface area (Å²) in [6, 6.07) is 0. The summed E-state index contributed by atoms with van der Waals surface area (Å²) in [5, 5.41) is 99.6. The predicted octanol–water partition coefficient (Wildman–Crippen LogP) is -7.46. The molecule has 0 spiro atoms. The first kappa shape index (κ1) is 32.0. The highest BCUT2D eigenvalue weighted by Crippen LogP contribution is 2.43. The van der Waals surface area contributed by atoms with Crippen LogP contribution in [0.5, 0.6) is 0 Å². The Morgan fingerprint density at radius 1 is 0.553 bits per heavy atom. The quantitative estimate of drug-likeness (QED) is 0.112. The second kappa shape index (κ2) is 13.0. The average Bonchev–Trinajstić information content (AvgIpc) is 2.86. The van der Waals surface area contributed by atoms with Crippen LogP contribution in [0.15, 0.2) is 0 Å². The van der Waals surface area contributed by atoms with Crippen molar-refractivity contribution in [3.8, 4) is 0 Å². The van der Waals surface area contributed by atoms with Gasteiger partial charge in [0.2, 0.25) is 0 Å². The van der Waals surface area contributed by atoms with Crippen LogP contribution in [0, 0.1) is 0 Å². The lowest BCUT2D eigenvalue weighted by Gasteiger charge is -2.48. The van der Waals surface area contributed by atoms with E-state index in [9.17, 15) is 65.4 Å². The van der Waals surface area contributed by atoms with Gasteiger partial charge in [-0.15, -0.1) is 0 Å². The average molecular weight is 584 g/mol. The Kier molecular flexibility index (Phi) is 11.0. The van der Waals surface area contributed by atoms with Gasteiger partial charge in [-0.2, -0.15) is 0 Å². The van der Waals surface area contributed by atoms with Crippen LogP contribution in [0.1, 0.15) is 0 Å². The number of aliphatic hydroxyl groups excluding tert-OH is 10. The summed E-state index contributed by atoms with van der Waals surface area (Å²) < 4.78 is 42.7. The van der Waals surface area contributed by atoms with Gasteiger partial charge >= 0.3 is 7.82 Å². The Bertz CT molecular complexity index is 796. The highest BCUT2D eigenvalue weighted by Gasteiger charge is 2.55. The lowest BCUT2D eigenvalue weighted by atomic mass is 9.96. The van der Waals surface area contributed by atoms with E-state index in [2.05, 4.69) is 4.52 Å². The maximum absolute atomic E-state index is 11.7. The highest BCUT2D eigenvalue weighted by molar-refractivity contribution is 7.46. The normalized spacial score (nSPS) is 48.7. The molecule has 3 aliphatic heterocycles. The molecule has 3 fully saturated rings. The third kappa shape index (κ3) is 6.86. The molecule has 0 amide bonds. The number of ether oxygens (including phenoxy) is 5. The molecule has 15 atom stereocenters. The number of hydrogen-bond donors (Lipinski definition) is 12. The third-order valence-electron chi connectivity index (χ3n) is 6.32. The summed E-state index contributed by atoms with van der Waals surface area (Å²) in [5.74, 6) is 0. The molecule has 19 nitrogen and oxygen atoms in total. The van der Waals surface area contributed by atoms with E-state index in [4.69, 9.17) is 23.7 Å². The molecule has 20 heteroatoms. The van der Waals surface area contributed by atoms with E-state index in [1.807, 2.05) is 0 Å². The molecule has 0 radical (unpaired) electrons. The van der Waals surface area contributed by atoms with E-state index in [-0.39, 0.29) is 0 Å². The fourth-order valence-electron chi connectivity index (χ4n) is 4.32. The van der Waals surface area contributed by atoms with Crippen LogP contribution < -0.4 is 0 Å². The number of phosphoric acid groups is 1. The van der Waals surface area contributed by atoms with E-state index < -0.39 is 120 Å². The van der Waals surface area contributed by atoms with Crippen LogP contribution in [-0.2, 0) is 32.8 Å². The van der Waals surface area contributed by atoms with Gasteiger partial charge in [0, 0.05) is 0 Å². The SMILES string of the molecule is O=P(O)(O)O[C@@H]1[C@@H](O)[C@@H](O[C@H]2[C@H](O)[C@@H](O)[C@@H](O)O[C@@H]2CO)O[C@H](CO)[C@H]1O[C@H]1O[C@H](CO)[C@@H](O)[C@H](O)[C@H]1O. The molecule has 224 valence electrons. The Hall–Kier alpha value is -0.490. The minimum Gasteiger partial charge on any atom is -0.394 e. The van der Waals surface area contributed by atoms with Crippen molar-refractivity contribution in [2.75, 3.05) is 19.8 Å². The number of hydrogen-bond acceptors (Lipinski definition) is 17. The molecule has 3 heterocycles. The van der Waals surface area contributed by atoms with E-state index in [1.165, 1.54) is 0 Å². The second-order valence-corrected chi connectivity index (χ2v) is 10.1. The van der Waals surface area contributed by atoms with Crippen LogP contribution in [0.3, 0.4) is 0 Å². The highest BCUT2D eigenvalue weighted by atomic mass is 31.2. The van der Waals surface area contributed by atoms with Crippen LogP contribution in [-0.4, -0.2) is 173 Å². The molecular weight excluding hydrogens is 551 g/mol. The predicted molar refractivity (Wildman–Crippen MR) is 112 cm³/mol. The van der Waals surface area contributed by atoms with Gasteiger partial charge in [-0.25, -0.2) is 4.57 Å². The van der Waals surface area contributed by atoms with Gasteiger partial charge in [0.15, 0.2) is 18.9 Å². The third-order valence-corrected chi connectivity index (χ3v) is 6.84. The number of phosphoric ester groups is 1. The summed E-state index contributed by atoms with van der Waals surface area (Å²) in [6.07, 6.45) is -27.8. The van der Waals surface area contributed by atoms with Crippen molar-refractivity contribution in [1.82, 2.24) is 0 Å². The monoisotopic (exact) mass is 584 g/mol. The molecular formula is C18H33O19P. The summed E-state index contributed by atoms with van der Waals surface area (Å²) in [7, 11) is -5.42. The summed E-state index contributed by atoms with van der Waals surface area (Å²) in [6.45, 7) is -2.69. The van der Waals surface area contributed by atoms with Gasteiger partial charge in [0.25, 0.3) is 0 Å². The summed E-state index contributed by atoms with van der Waals surface area (Å²) in [4.78, 5) is 18.8. The zero-order valence-corrected chi connectivity index (χ0v) is 20.3. The molecule has 3 saturated heterocycles. The van der Waals surface area contributed by atoms with E-state index in [0.29, 0.717) is 0 Å². The van der Waals surface area contributed by atoms with Crippen LogP contribution in [0.25, 0.3) is 0 Å². The first-order valence-corrected chi connectivity index (χ1v) is 12.9. The maximum Gasteiger partial charge on any atom is 0.470 e. The van der Waals surface area contributed by atoms with E-state index >= 15 is 0 Å². The molecule has 3 aliphatic rings. The zero-order chi connectivity index (χ0) is 28.5. The molecule has 3 rings (SSSR count). The first-order valence-electron chi connectivity index (χ1n) is 11.3. The molecule has 0 unspecified atom stereocenters. The fourth-order valence-corrected chi connectivity index (χ4v) is 4.88. The fraction of sp³-hybridized carbons (Fsp3) is 1.00. The minimum atomic E-state index is -5.42. The van der Waals surface area contributed by atoms with Crippen LogP contribution in [0.4, 0.5) is 0 Å². The lowest BCUT2D eigenvalue weighted by molar-refractivity contribution is -0.376. The second-order valence-electron chi connectivity index (χ2n) is 8.90. The number of rotatable bonds is 9. The van der Waals surface area contributed by atoms with Crippen LogP contribution >= 0.6 is 7.82 Å². The number of aliphatic hydroxyl groups is 10. The maximum atomic E-state index is 11.7. The van der Waals surface area contributed by atoms with Crippen molar-refractivity contribution < 1.29 is 93.6 Å². The zero-order valence-electron chi connectivity index (χ0n) is 19.5. The van der Waals surface area contributed by atoms with Gasteiger partial charge in [-0.1, -0.05) is 0 Å². The van der Waals surface area contributed by atoms with Crippen molar-refractivity contribution in [1.29, 1.82) is 0 Å². The van der Waals surface area contributed by atoms with Crippen molar-refractivity contribution >= 4 is 7.82 Å². The summed E-state index contributed by atoms with van der Waals surface area (Å²) in [5.41, 5.74) is 0. The molecule has 38 heavy (non-hydrogen) atoms. The molecule has 0 aliphatic carbocycles. The van der Waals surface area contributed by atoms with Crippen LogP contribution in [0.2, 0.25) is 0 Å². The van der Waals surface area contributed by atoms with Gasteiger partial charge < -0.3 is 84.5 Å². The first-order chi connectivity index (χ1) is 17.7. The van der Waals surface area contributed by atoms with Gasteiger partial charge in [0.05, 0.1) is 19.8 Å². The van der Waals surface area contributed by atoms with Crippen molar-refractivity contribution in [2.45, 2.75) is 92.1 Å². The van der Waals surface area contributed by atoms with E-state index in [0.717, 1.165) is 0 Å². The van der Waals surface area contributed by atoms with Crippen molar-refractivity contribution in [3.05, 3.63) is 0 Å². The Morgan fingerprint density at radius 3 is 1.61 bits per heavy atom.